The van der Waals surface area contributed by atoms with E-state index < -0.39 is 35.9 Å². The molecule has 7 N–H and O–H groups in total. The molecule has 11 heteroatoms. The summed E-state index contributed by atoms with van der Waals surface area (Å²) < 4.78 is 0. The number of likely N-dealkylation sites (tertiary alicyclic amines) is 1. The minimum atomic E-state index is -1.20. The molecule has 1 heterocycles. The van der Waals surface area contributed by atoms with E-state index in [1.165, 1.54) is 0 Å². The summed E-state index contributed by atoms with van der Waals surface area (Å²) >= 11 is 0. The second kappa shape index (κ2) is 16.0. The molecule has 2 aromatic rings. The summed E-state index contributed by atoms with van der Waals surface area (Å²) in [6.45, 7) is 0.706. The first-order chi connectivity index (χ1) is 19.7. The maximum absolute atomic E-state index is 13.4. The topological polar surface area (TPSA) is 180 Å². The van der Waals surface area contributed by atoms with Crippen LogP contribution in [0.4, 0.5) is 0 Å². The molecule has 3 amide bonds. The Kier molecular flexibility index (Phi) is 12.1. The highest BCUT2D eigenvalue weighted by Gasteiger charge is 2.36. The molecule has 0 aliphatic carbocycles. The molecule has 2 aromatic carbocycles. The van der Waals surface area contributed by atoms with E-state index >= 15 is 0 Å². The summed E-state index contributed by atoms with van der Waals surface area (Å²) in [6, 6.07) is 16.2. The van der Waals surface area contributed by atoms with Crippen molar-refractivity contribution in [1.82, 2.24) is 15.5 Å². The zero-order valence-corrected chi connectivity index (χ0v) is 23.2. The number of hydrogen-bond acceptors (Lipinski definition) is 5. The highest BCUT2D eigenvalue weighted by molar-refractivity contribution is 5.93. The Balaban J connectivity index is 1.64. The van der Waals surface area contributed by atoms with Crippen molar-refractivity contribution in [3.63, 3.8) is 0 Å². The number of nitrogens with one attached hydrogen (secondary N) is 2. The molecule has 1 fully saturated rings. The Morgan fingerprint density at radius 3 is 2.22 bits per heavy atom. The average molecular weight is 565 g/mol. The van der Waals surface area contributed by atoms with Gasteiger partial charge >= 0.3 is 5.97 Å². The zero-order chi connectivity index (χ0) is 29.6. The maximum atomic E-state index is 13.4. The van der Waals surface area contributed by atoms with Crippen molar-refractivity contribution < 1.29 is 24.3 Å². The Hall–Kier alpha value is -4.41. The molecular formula is C30H40N6O5. The lowest BCUT2D eigenvalue weighted by Crippen LogP contribution is -2.56. The fourth-order valence-corrected chi connectivity index (χ4v) is 4.93. The van der Waals surface area contributed by atoms with E-state index in [-0.39, 0.29) is 31.3 Å². The number of hydrogen-bond donors (Lipinski definition) is 5. The van der Waals surface area contributed by atoms with Crippen LogP contribution in [0.15, 0.2) is 65.7 Å². The zero-order valence-electron chi connectivity index (χ0n) is 23.2. The van der Waals surface area contributed by atoms with Gasteiger partial charge in [0, 0.05) is 25.9 Å². The third kappa shape index (κ3) is 10.3. The SMILES string of the molecule is NC(N)=NCCC[C@H](NC(=O)[C@@H](Cc1ccccc1)NC(=O)[C@@H]1CCCN1C(=O)CCCc1ccccc1)C(=O)O. The third-order valence-electron chi connectivity index (χ3n) is 7.05. The lowest BCUT2D eigenvalue weighted by molar-refractivity contribution is -0.143. The summed E-state index contributed by atoms with van der Waals surface area (Å²) in [5.74, 6) is -2.42. The van der Waals surface area contributed by atoms with E-state index in [1.54, 1.807) is 4.90 Å². The van der Waals surface area contributed by atoms with Crippen molar-refractivity contribution in [1.29, 1.82) is 0 Å². The van der Waals surface area contributed by atoms with Gasteiger partial charge in [0.05, 0.1) is 0 Å². The van der Waals surface area contributed by atoms with Crippen molar-refractivity contribution in [3.05, 3.63) is 71.8 Å². The number of benzene rings is 2. The largest absolute Gasteiger partial charge is 0.480 e. The number of nitrogens with zero attached hydrogens (tertiary/aromatic N) is 2. The van der Waals surface area contributed by atoms with Crippen molar-refractivity contribution in [2.75, 3.05) is 13.1 Å². The smallest absolute Gasteiger partial charge is 0.326 e. The van der Waals surface area contributed by atoms with E-state index in [0.29, 0.717) is 38.6 Å². The summed E-state index contributed by atoms with van der Waals surface area (Å²) in [7, 11) is 0. The number of carbonyl (C=O) groups excluding carboxylic acids is 3. The number of rotatable bonds is 15. The van der Waals surface area contributed by atoms with Crippen molar-refractivity contribution in [3.8, 4) is 0 Å². The van der Waals surface area contributed by atoms with Gasteiger partial charge in [0.2, 0.25) is 17.7 Å². The summed E-state index contributed by atoms with van der Waals surface area (Å²) in [5.41, 5.74) is 12.6. The standard InChI is InChI=1S/C30H40N6O5/c31-30(32)33-18-8-15-23(29(40)41)34-27(38)24(20-22-12-5-2-6-13-22)35-28(39)25-16-9-19-36(25)26(37)17-7-14-21-10-3-1-4-11-21/h1-6,10-13,23-25H,7-9,14-20H2,(H,34,38)(H,35,39)(H,40,41)(H4,31,32,33)/t23-,24+,25-/m0/s1. The van der Waals surface area contributed by atoms with Crippen molar-refractivity contribution in [2.45, 2.75) is 69.5 Å². The second-order valence-corrected chi connectivity index (χ2v) is 10.2. The average Bonchev–Trinajstić information content (AvgIpc) is 3.45. The van der Waals surface area contributed by atoms with E-state index in [1.807, 2.05) is 60.7 Å². The van der Waals surface area contributed by atoms with Crippen LogP contribution in [-0.2, 0) is 32.0 Å². The Morgan fingerprint density at radius 2 is 1.59 bits per heavy atom. The second-order valence-electron chi connectivity index (χ2n) is 10.2. The van der Waals surface area contributed by atoms with E-state index in [0.717, 1.165) is 17.5 Å². The first kappa shape index (κ1) is 31.1. The highest BCUT2D eigenvalue weighted by atomic mass is 16.4. The normalized spacial score (nSPS) is 15.9. The van der Waals surface area contributed by atoms with E-state index in [2.05, 4.69) is 15.6 Å². The van der Waals surface area contributed by atoms with Gasteiger partial charge in [-0.05, 0) is 49.7 Å². The molecular weight excluding hydrogens is 524 g/mol. The predicted octanol–water partition coefficient (Wildman–Crippen LogP) is 1.35. The molecule has 0 aromatic heterocycles. The quantitative estimate of drug-likeness (QED) is 0.123. The number of guanidine groups is 1. The van der Waals surface area contributed by atoms with Crippen molar-refractivity contribution in [2.24, 2.45) is 16.5 Å². The van der Waals surface area contributed by atoms with Gasteiger partial charge in [0.25, 0.3) is 0 Å². The number of carbonyl (C=O) groups is 4. The number of carboxylic acid groups (broad SMARTS) is 1. The third-order valence-corrected chi connectivity index (χ3v) is 7.05. The van der Waals surface area contributed by atoms with Gasteiger partial charge in [-0.25, -0.2) is 4.79 Å². The number of carboxylic acids is 1. The molecule has 3 atom stereocenters. The Labute approximate surface area is 240 Å². The molecule has 0 spiro atoms. The molecule has 1 saturated heterocycles. The summed E-state index contributed by atoms with van der Waals surface area (Å²) in [4.78, 5) is 57.0. The van der Waals surface area contributed by atoms with Gasteiger partial charge in [-0.3, -0.25) is 19.4 Å². The highest BCUT2D eigenvalue weighted by Crippen LogP contribution is 2.20. The van der Waals surface area contributed by atoms with E-state index in [4.69, 9.17) is 11.5 Å². The fourth-order valence-electron chi connectivity index (χ4n) is 4.93. The van der Waals surface area contributed by atoms with Crippen LogP contribution in [0.5, 0.6) is 0 Å². The van der Waals surface area contributed by atoms with Crippen molar-refractivity contribution >= 4 is 29.7 Å². The Morgan fingerprint density at radius 1 is 0.927 bits per heavy atom. The van der Waals surface area contributed by atoms with Crippen LogP contribution in [0.3, 0.4) is 0 Å². The molecule has 0 saturated carbocycles. The minimum Gasteiger partial charge on any atom is -0.480 e. The van der Waals surface area contributed by atoms with Crippen LogP contribution < -0.4 is 22.1 Å². The molecule has 1 aliphatic heterocycles. The predicted molar refractivity (Wildman–Crippen MR) is 156 cm³/mol. The molecule has 0 bridgehead atoms. The monoisotopic (exact) mass is 564 g/mol. The number of aryl methyl sites for hydroxylation is 1. The summed E-state index contributed by atoms with van der Waals surface area (Å²) in [5, 5.41) is 15.0. The minimum absolute atomic E-state index is 0.0886. The number of amides is 3. The lowest BCUT2D eigenvalue weighted by Gasteiger charge is -2.27. The van der Waals surface area contributed by atoms with Crippen LogP contribution in [0, 0.1) is 0 Å². The molecule has 3 rings (SSSR count). The lowest BCUT2D eigenvalue weighted by atomic mass is 10.0. The van der Waals surface area contributed by atoms with Gasteiger partial charge < -0.3 is 32.1 Å². The first-order valence-corrected chi connectivity index (χ1v) is 14.0. The van der Waals surface area contributed by atoms with Gasteiger partial charge in [0.15, 0.2) is 5.96 Å². The van der Waals surface area contributed by atoms with Gasteiger partial charge in [-0.2, -0.15) is 0 Å². The molecule has 1 aliphatic rings. The van der Waals surface area contributed by atoms with Crippen LogP contribution >= 0.6 is 0 Å². The number of aliphatic imine (C=N–C) groups is 1. The first-order valence-electron chi connectivity index (χ1n) is 14.0. The maximum Gasteiger partial charge on any atom is 0.326 e. The number of aliphatic carboxylic acids is 1. The van der Waals surface area contributed by atoms with Crippen LogP contribution in [-0.4, -0.2) is 70.9 Å². The van der Waals surface area contributed by atoms with Crippen LogP contribution in [0.25, 0.3) is 0 Å². The molecule has 0 radical (unpaired) electrons. The fraction of sp³-hybridized carbons (Fsp3) is 0.433. The van der Waals surface area contributed by atoms with Gasteiger partial charge in [-0.1, -0.05) is 60.7 Å². The molecule has 41 heavy (non-hydrogen) atoms. The van der Waals surface area contributed by atoms with Crippen LogP contribution in [0.2, 0.25) is 0 Å². The van der Waals surface area contributed by atoms with Gasteiger partial charge in [-0.15, -0.1) is 0 Å². The summed E-state index contributed by atoms with van der Waals surface area (Å²) in [6.07, 6.45) is 3.57. The molecule has 11 nitrogen and oxygen atoms in total. The van der Waals surface area contributed by atoms with Crippen LogP contribution in [0.1, 0.15) is 49.7 Å². The Bertz CT molecular complexity index is 1190. The molecule has 0 unspecified atom stereocenters. The van der Waals surface area contributed by atoms with E-state index in [9.17, 15) is 24.3 Å². The number of nitrogens with two attached hydrogens (primary N) is 2. The van der Waals surface area contributed by atoms with Gasteiger partial charge in [0.1, 0.15) is 18.1 Å². The molecule has 220 valence electrons.